The predicted octanol–water partition coefficient (Wildman–Crippen LogP) is 2.72. The molecule has 1 aromatic carbocycles. The van der Waals surface area contributed by atoms with E-state index in [-0.39, 0.29) is 17.3 Å². The number of amides is 2. The minimum absolute atomic E-state index is 0.0655. The van der Waals surface area contributed by atoms with Crippen molar-refractivity contribution in [2.75, 3.05) is 11.9 Å². The largest absolute Gasteiger partial charge is 0.388 e. The summed E-state index contributed by atoms with van der Waals surface area (Å²) in [6.07, 6.45) is 1.29. The van der Waals surface area contributed by atoms with E-state index >= 15 is 0 Å². The Hall–Kier alpha value is -1.66. The number of hydrogen-bond acceptors (Lipinski definition) is 3. The number of nitrogens with one attached hydrogen (secondary N) is 2. The van der Waals surface area contributed by atoms with E-state index in [1.807, 2.05) is 13.8 Å². The van der Waals surface area contributed by atoms with Crippen LogP contribution in [-0.2, 0) is 9.59 Å². The molecule has 0 aliphatic rings. The molecule has 0 heterocycles. The van der Waals surface area contributed by atoms with Gasteiger partial charge in [-0.05, 0) is 43.9 Å². The molecule has 1 rings (SSSR count). The molecule has 128 valence electrons. The monoisotopic (exact) mass is 344 g/mol. The maximum atomic E-state index is 13.5. The van der Waals surface area contributed by atoms with Crippen molar-refractivity contribution in [2.45, 2.75) is 39.2 Å². The first-order chi connectivity index (χ1) is 10.6. The van der Waals surface area contributed by atoms with Gasteiger partial charge in [0.2, 0.25) is 0 Å². The summed E-state index contributed by atoms with van der Waals surface area (Å²) in [5.41, 5.74) is -1.29. The van der Waals surface area contributed by atoms with E-state index in [0.717, 1.165) is 12.5 Å². The van der Waals surface area contributed by atoms with Crippen molar-refractivity contribution in [3.8, 4) is 0 Å². The molecule has 0 aliphatic carbocycles. The SMILES string of the molecule is CC(C)CCC(C)(O)CNC(=O)C(=O)Nc1cc(Cl)ccc1F. The quantitative estimate of drug-likeness (QED) is 0.694. The van der Waals surface area contributed by atoms with Crippen LogP contribution in [0.15, 0.2) is 18.2 Å². The minimum atomic E-state index is -1.11. The van der Waals surface area contributed by atoms with Crippen LogP contribution in [0, 0.1) is 11.7 Å². The lowest BCUT2D eigenvalue weighted by Crippen LogP contribution is -2.44. The predicted molar refractivity (Wildman–Crippen MR) is 87.7 cm³/mol. The average Bonchev–Trinajstić information content (AvgIpc) is 2.46. The Morgan fingerprint density at radius 3 is 2.61 bits per heavy atom. The summed E-state index contributed by atoms with van der Waals surface area (Å²) in [7, 11) is 0. The fourth-order valence-electron chi connectivity index (χ4n) is 1.81. The van der Waals surface area contributed by atoms with Crippen molar-refractivity contribution in [3.05, 3.63) is 29.0 Å². The minimum Gasteiger partial charge on any atom is -0.388 e. The van der Waals surface area contributed by atoms with Gasteiger partial charge < -0.3 is 15.7 Å². The third-order valence-corrected chi connectivity index (χ3v) is 3.51. The summed E-state index contributed by atoms with van der Waals surface area (Å²) < 4.78 is 13.5. The van der Waals surface area contributed by atoms with E-state index in [1.165, 1.54) is 12.1 Å². The van der Waals surface area contributed by atoms with Gasteiger partial charge in [-0.15, -0.1) is 0 Å². The van der Waals surface area contributed by atoms with Crippen molar-refractivity contribution in [1.82, 2.24) is 5.32 Å². The molecule has 2 amide bonds. The normalized spacial score (nSPS) is 13.5. The number of carbonyl (C=O) groups excluding carboxylic acids is 2. The fraction of sp³-hybridized carbons (Fsp3) is 0.500. The number of carbonyl (C=O) groups is 2. The van der Waals surface area contributed by atoms with Gasteiger partial charge in [-0.1, -0.05) is 25.4 Å². The molecule has 1 aromatic rings. The second kappa shape index (κ2) is 8.26. The molecule has 0 aliphatic heterocycles. The summed E-state index contributed by atoms with van der Waals surface area (Å²) in [6, 6.07) is 3.63. The van der Waals surface area contributed by atoms with Crippen molar-refractivity contribution >= 4 is 29.1 Å². The molecule has 0 bridgehead atoms. The van der Waals surface area contributed by atoms with Crippen LogP contribution in [0.4, 0.5) is 10.1 Å². The second-order valence-corrected chi connectivity index (χ2v) is 6.63. The summed E-state index contributed by atoms with van der Waals surface area (Å²) in [5.74, 6) is -2.24. The Morgan fingerprint density at radius 2 is 2.00 bits per heavy atom. The second-order valence-electron chi connectivity index (χ2n) is 6.19. The van der Waals surface area contributed by atoms with E-state index in [0.29, 0.717) is 12.3 Å². The zero-order valence-corrected chi connectivity index (χ0v) is 14.2. The molecular weight excluding hydrogens is 323 g/mol. The molecule has 0 spiro atoms. The first-order valence-corrected chi connectivity index (χ1v) is 7.75. The molecule has 23 heavy (non-hydrogen) atoms. The highest BCUT2D eigenvalue weighted by Gasteiger charge is 2.23. The van der Waals surface area contributed by atoms with Crippen LogP contribution in [0.1, 0.15) is 33.6 Å². The Bertz CT molecular complexity index is 576. The van der Waals surface area contributed by atoms with E-state index in [4.69, 9.17) is 11.6 Å². The van der Waals surface area contributed by atoms with Crippen molar-refractivity contribution < 1.29 is 19.1 Å². The fourth-order valence-corrected chi connectivity index (χ4v) is 1.98. The number of halogens is 2. The van der Waals surface area contributed by atoms with Crippen molar-refractivity contribution in [3.63, 3.8) is 0 Å². The van der Waals surface area contributed by atoms with Crippen LogP contribution in [-0.4, -0.2) is 29.1 Å². The molecular formula is C16H22ClFN2O3. The maximum Gasteiger partial charge on any atom is 0.313 e. The Labute approximate surface area is 140 Å². The highest BCUT2D eigenvalue weighted by Crippen LogP contribution is 2.19. The van der Waals surface area contributed by atoms with Gasteiger partial charge in [0.1, 0.15) is 5.82 Å². The lowest BCUT2D eigenvalue weighted by Gasteiger charge is -2.24. The van der Waals surface area contributed by atoms with Gasteiger partial charge in [-0.25, -0.2) is 4.39 Å². The topological polar surface area (TPSA) is 78.4 Å². The molecule has 0 saturated heterocycles. The molecule has 5 nitrogen and oxygen atoms in total. The summed E-state index contributed by atoms with van der Waals surface area (Å²) in [6.45, 7) is 5.58. The van der Waals surface area contributed by atoms with Crippen LogP contribution in [0.3, 0.4) is 0 Å². The Morgan fingerprint density at radius 1 is 1.35 bits per heavy atom. The molecule has 1 atom stereocenters. The van der Waals surface area contributed by atoms with Gasteiger partial charge >= 0.3 is 11.8 Å². The van der Waals surface area contributed by atoms with Crippen LogP contribution >= 0.6 is 11.6 Å². The molecule has 0 radical (unpaired) electrons. The van der Waals surface area contributed by atoms with E-state index in [2.05, 4.69) is 10.6 Å². The van der Waals surface area contributed by atoms with Gasteiger partial charge in [0.15, 0.2) is 0 Å². The lowest BCUT2D eigenvalue weighted by atomic mass is 9.95. The van der Waals surface area contributed by atoms with Crippen molar-refractivity contribution in [2.24, 2.45) is 5.92 Å². The highest BCUT2D eigenvalue weighted by molar-refractivity contribution is 6.39. The summed E-state index contributed by atoms with van der Waals surface area (Å²) >= 11 is 5.71. The van der Waals surface area contributed by atoms with Crippen LogP contribution in [0.25, 0.3) is 0 Å². The van der Waals surface area contributed by atoms with Gasteiger partial charge in [-0.2, -0.15) is 0 Å². The zero-order chi connectivity index (χ0) is 17.6. The molecule has 3 N–H and O–H groups in total. The van der Waals surface area contributed by atoms with Gasteiger partial charge in [-0.3, -0.25) is 9.59 Å². The number of anilines is 1. The van der Waals surface area contributed by atoms with E-state index in [9.17, 15) is 19.1 Å². The van der Waals surface area contributed by atoms with Gasteiger partial charge in [0.05, 0.1) is 11.3 Å². The lowest BCUT2D eigenvalue weighted by molar-refractivity contribution is -0.136. The van der Waals surface area contributed by atoms with Gasteiger partial charge in [0, 0.05) is 11.6 Å². The molecule has 7 heteroatoms. The van der Waals surface area contributed by atoms with Crippen LogP contribution in [0.2, 0.25) is 5.02 Å². The summed E-state index contributed by atoms with van der Waals surface area (Å²) in [5, 5.41) is 14.9. The first kappa shape index (κ1) is 19.4. The van der Waals surface area contributed by atoms with Crippen LogP contribution < -0.4 is 10.6 Å². The number of hydrogen-bond donors (Lipinski definition) is 3. The number of benzene rings is 1. The molecule has 1 unspecified atom stereocenters. The number of aliphatic hydroxyl groups is 1. The standard InChI is InChI=1S/C16H22ClFN2O3/c1-10(2)6-7-16(3,23)9-19-14(21)15(22)20-13-8-11(17)4-5-12(13)18/h4-5,8,10,23H,6-7,9H2,1-3H3,(H,19,21)(H,20,22). The third kappa shape index (κ3) is 6.97. The van der Waals surface area contributed by atoms with Gasteiger partial charge in [0.25, 0.3) is 0 Å². The highest BCUT2D eigenvalue weighted by atomic mass is 35.5. The first-order valence-electron chi connectivity index (χ1n) is 7.37. The Balaban J connectivity index is 2.54. The number of rotatable bonds is 6. The van der Waals surface area contributed by atoms with E-state index in [1.54, 1.807) is 6.92 Å². The van der Waals surface area contributed by atoms with E-state index < -0.39 is 23.2 Å². The molecule has 0 saturated carbocycles. The van der Waals surface area contributed by atoms with Crippen molar-refractivity contribution in [1.29, 1.82) is 0 Å². The average molecular weight is 345 g/mol. The third-order valence-electron chi connectivity index (χ3n) is 3.27. The van der Waals surface area contributed by atoms with Crippen LogP contribution in [0.5, 0.6) is 0 Å². The molecule has 0 fully saturated rings. The smallest absolute Gasteiger partial charge is 0.313 e. The summed E-state index contributed by atoms with van der Waals surface area (Å²) in [4.78, 5) is 23.5. The maximum absolute atomic E-state index is 13.5. The zero-order valence-electron chi connectivity index (χ0n) is 13.5. The Kier molecular flexibility index (Phi) is 6.97. The molecule has 0 aromatic heterocycles.